The van der Waals surface area contributed by atoms with Gasteiger partial charge in [0.1, 0.15) is 11.8 Å². The highest BCUT2D eigenvalue weighted by molar-refractivity contribution is 5.64. The van der Waals surface area contributed by atoms with Gasteiger partial charge in [-0.3, -0.25) is 0 Å². The van der Waals surface area contributed by atoms with Gasteiger partial charge in [-0.05, 0) is 43.3 Å². The molecule has 0 fully saturated rings. The molecule has 0 spiro atoms. The molecular weight excluding hydrogens is 288 g/mol. The van der Waals surface area contributed by atoms with Crippen LogP contribution in [-0.2, 0) is 0 Å². The van der Waals surface area contributed by atoms with Crippen LogP contribution in [-0.4, -0.2) is 16.1 Å². The lowest BCUT2D eigenvalue weighted by Gasteiger charge is -2.17. The number of rotatable bonds is 7. The van der Waals surface area contributed by atoms with E-state index in [1.165, 1.54) is 6.20 Å². The van der Waals surface area contributed by atoms with E-state index in [1.807, 2.05) is 12.1 Å². The molecule has 0 saturated carbocycles. The minimum Gasteiger partial charge on any atom is -0.489 e. The summed E-state index contributed by atoms with van der Waals surface area (Å²) in [4.78, 5) is 8.48. The quantitative estimate of drug-likeness (QED) is 0.832. The van der Waals surface area contributed by atoms with Gasteiger partial charge in [0, 0.05) is 11.8 Å². The fourth-order valence-electron chi connectivity index (χ4n) is 2.19. The number of hydrogen-bond donors (Lipinski definition) is 1. The summed E-state index contributed by atoms with van der Waals surface area (Å²) in [6, 6.07) is 9.52. The smallest absolute Gasteiger partial charge is 0.227 e. The average molecular weight is 308 g/mol. The van der Waals surface area contributed by atoms with Crippen molar-refractivity contribution >= 4 is 5.95 Å². The predicted molar refractivity (Wildman–Crippen MR) is 91.0 cm³/mol. The molecule has 0 unspecified atom stereocenters. The van der Waals surface area contributed by atoms with Gasteiger partial charge in [0.05, 0.1) is 17.4 Å². The monoisotopic (exact) mass is 308 g/mol. The van der Waals surface area contributed by atoms with Gasteiger partial charge in [-0.25, -0.2) is 9.97 Å². The highest BCUT2D eigenvalue weighted by Crippen LogP contribution is 2.27. The van der Waals surface area contributed by atoms with Crippen LogP contribution in [0.1, 0.15) is 32.3 Å². The molecule has 5 heteroatoms. The first-order valence-corrected chi connectivity index (χ1v) is 7.63. The molecule has 23 heavy (non-hydrogen) atoms. The summed E-state index contributed by atoms with van der Waals surface area (Å²) in [5, 5.41) is 12.2. The SMILES string of the molecule is C=CNc1nccc(-c2ccc(OC(CC)CC)c(C#N)c2)n1. The van der Waals surface area contributed by atoms with Crippen molar-refractivity contribution in [1.82, 2.24) is 9.97 Å². The van der Waals surface area contributed by atoms with Gasteiger partial charge in [-0.15, -0.1) is 0 Å². The van der Waals surface area contributed by atoms with E-state index >= 15 is 0 Å². The molecule has 0 aliphatic carbocycles. The van der Waals surface area contributed by atoms with Gasteiger partial charge in [0.2, 0.25) is 5.95 Å². The molecule has 0 amide bonds. The Bertz CT molecular complexity index is 717. The van der Waals surface area contributed by atoms with Crippen molar-refractivity contribution in [1.29, 1.82) is 5.26 Å². The highest BCUT2D eigenvalue weighted by atomic mass is 16.5. The summed E-state index contributed by atoms with van der Waals surface area (Å²) in [5.41, 5.74) is 2.08. The summed E-state index contributed by atoms with van der Waals surface area (Å²) in [6.07, 6.45) is 5.12. The van der Waals surface area contributed by atoms with Crippen LogP contribution in [0.2, 0.25) is 0 Å². The summed E-state index contributed by atoms with van der Waals surface area (Å²) >= 11 is 0. The van der Waals surface area contributed by atoms with Crippen LogP contribution in [0.5, 0.6) is 5.75 Å². The summed E-state index contributed by atoms with van der Waals surface area (Å²) in [5.74, 6) is 1.08. The lowest BCUT2D eigenvalue weighted by molar-refractivity contribution is 0.192. The molecule has 118 valence electrons. The van der Waals surface area contributed by atoms with Crippen LogP contribution in [0.3, 0.4) is 0 Å². The Morgan fingerprint density at radius 1 is 1.35 bits per heavy atom. The van der Waals surface area contributed by atoms with Crippen molar-refractivity contribution in [3.63, 3.8) is 0 Å². The molecular formula is C18H20N4O. The van der Waals surface area contributed by atoms with E-state index in [4.69, 9.17) is 4.74 Å². The lowest BCUT2D eigenvalue weighted by Crippen LogP contribution is -2.14. The minimum absolute atomic E-state index is 0.121. The Labute approximate surface area is 136 Å². The molecule has 2 aromatic rings. The third kappa shape index (κ3) is 4.07. The fourth-order valence-corrected chi connectivity index (χ4v) is 2.19. The number of nitriles is 1. The maximum absolute atomic E-state index is 9.40. The zero-order valence-electron chi connectivity index (χ0n) is 13.4. The molecule has 0 bridgehead atoms. The lowest BCUT2D eigenvalue weighted by atomic mass is 10.1. The average Bonchev–Trinajstić information content (AvgIpc) is 2.60. The number of nitrogens with one attached hydrogen (secondary N) is 1. The number of ether oxygens (including phenoxy) is 1. The number of aromatic nitrogens is 2. The Balaban J connectivity index is 2.33. The van der Waals surface area contributed by atoms with Crippen molar-refractivity contribution in [3.8, 4) is 23.1 Å². The molecule has 1 aromatic heterocycles. The number of nitrogens with zero attached hydrogens (tertiary/aromatic N) is 3. The first kappa shape index (κ1) is 16.5. The summed E-state index contributed by atoms with van der Waals surface area (Å²) in [6.45, 7) is 7.74. The van der Waals surface area contributed by atoms with Crippen molar-refractivity contribution < 1.29 is 4.74 Å². The van der Waals surface area contributed by atoms with Gasteiger partial charge >= 0.3 is 0 Å². The van der Waals surface area contributed by atoms with E-state index in [-0.39, 0.29) is 6.10 Å². The Morgan fingerprint density at radius 3 is 2.78 bits per heavy atom. The van der Waals surface area contributed by atoms with Crippen LogP contribution in [0.15, 0.2) is 43.2 Å². The Kier molecular flexibility index (Phi) is 5.70. The topological polar surface area (TPSA) is 70.8 Å². The predicted octanol–water partition coefficient (Wildman–Crippen LogP) is 4.14. The first-order chi connectivity index (χ1) is 11.2. The fraction of sp³-hybridized carbons (Fsp3) is 0.278. The molecule has 0 aliphatic heterocycles. The van der Waals surface area contributed by atoms with Crippen molar-refractivity contribution in [2.75, 3.05) is 5.32 Å². The van der Waals surface area contributed by atoms with Crippen LogP contribution >= 0.6 is 0 Å². The van der Waals surface area contributed by atoms with E-state index in [0.717, 1.165) is 24.1 Å². The van der Waals surface area contributed by atoms with Crippen molar-refractivity contribution in [2.45, 2.75) is 32.8 Å². The van der Waals surface area contributed by atoms with E-state index in [9.17, 15) is 5.26 Å². The van der Waals surface area contributed by atoms with E-state index in [2.05, 4.69) is 41.8 Å². The summed E-state index contributed by atoms with van der Waals surface area (Å²) in [7, 11) is 0. The number of benzene rings is 1. The second-order valence-electron chi connectivity index (χ2n) is 4.99. The molecule has 0 saturated heterocycles. The van der Waals surface area contributed by atoms with E-state index < -0.39 is 0 Å². The van der Waals surface area contributed by atoms with Crippen LogP contribution in [0.25, 0.3) is 11.3 Å². The van der Waals surface area contributed by atoms with Crippen LogP contribution in [0, 0.1) is 11.3 Å². The molecule has 1 N–H and O–H groups in total. The largest absolute Gasteiger partial charge is 0.489 e. The van der Waals surface area contributed by atoms with Crippen LogP contribution in [0.4, 0.5) is 5.95 Å². The molecule has 1 heterocycles. The van der Waals surface area contributed by atoms with Crippen molar-refractivity contribution in [3.05, 3.63) is 48.8 Å². The molecule has 0 radical (unpaired) electrons. The zero-order valence-corrected chi connectivity index (χ0v) is 13.4. The zero-order chi connectivity index (χ0) is 16.7. The highest BCUT2D eigenvalue weighted by Gasteiger charge is 2.11. The Hall–Kier alpha value is -2.87. The molecule has 0 aliphatic rings. The molecule has 1 aromatic carbocycles. The number of hydrogen-bond acceptors (Lipinski definition) is 5. The maximum Gasteiger partial charge on any atom is 0.227 e. The first-order valence-electron chi connectivity index (χ1n) is 7.63. The Morgan fingerprint density at radius 2 is 2.13 bits per heavy atom. The van der Waals surface area contributed by atoms with Gasteiger partial charge in [-0.2, -0.15) is 5.26 Å². The second kappa shape index (κ2) is 7.95. The van der Waals surface area contributed by atoms with E-state index in [1.54, 1.807) is 18.3 Å². The summed E-state index contributed by atoms with van der Waals surface area (Å²) < 4.78 is 5.91. The third-order valence-electron chi connectivity index (χ3n) is 3.49. The maximum atomic E-state index is 9.40. The second-order valence-corrected chi connectivity index (χ2v) is 4.99. The van der Waals surface area contributed by atoms with Gasteiger partial charge in [-0.1, -0.05) is 20.4 Å². The normalized spacial score (nSPS) is 10.2. The van der Waals surface area contributed by atoms with Gasteiger partial charge < -0.3 is 10.1 Å². The van der Waals surface area contributed by atoms with Gasteiger partial charge in [0.15, 0.2) is 0 Å². The number of anilines is 1. The minimum atomic E-state index is 0.121. The van der Waals surface area contributed by atoms with Crippen LogP contribution < -0.4 is 10.1 Å². The van der Waals surface area contributed by atoms with E-state index in [0.29, 0.717) is 17.3 Å². The molecule has 2 rings (SSSR count). The standard InChI is InChI=1S/C18H20N4O/c1-4-15(5-2)23-17-8-7-13(11-14(17)12-19)16-9-10-21-18(22-16)20-6-3/h6-11,15H,3-5H2,1-2H3,(H,20,21,22). The molecule has 0 atom stereocenters. The molecule has 5 nitrogen and oxygen atoms in total. The van der Waals surface area contributed by atoms with Crippen molar-refractivity contribution in [2.24, 2.45) is 0 Å². The third-order valence-corrected chi connectivity index (χ3v) is 3.49. The van der Waals surface area contributed by atoms with Gasteiger partial charge in [0.25, 0.3) is 0 Å².